The predicted octanol–water partition coefficient (Wildman–Crippen LogP) is 5.45. The van der Waals surface area contributed by atoms with Crippen LogP contribution in [0, 0.1) is 0 Å². The van der Waals surface area contributed by atoms with Crippen LogP contribution in [0.4, 0.5) is 0 Å². The number of benzene rings is 3. The van der Waals surface area contributed by atoms with Gasteiger partial charge in [-0.2, -0.15) is 0 Å². The Hall–Kier alpha value is -3.48. The van der Waals surface area contributed by atoms with E-state index < -0.39 is 0 Å². The van der Waals surface area contributed by atoms with Crippen molar-refractivity contribution in [1.29, 1.82) is 0 Å². The minimum Gasteiger partial charge on any atom is -0.497 e. The van der Waals surface area contributed by atoms with Gasteiger partial charge >= 0.3 is 0 Å². The first kappa shape index (κ1) is 20.4. The monoisotopic (exact) mass is 441 g/mol. The Bertz CT molecular complexity index is 1450. The number of H-pyrrole nitrogens is 1. The highest BCUT2D eigenvalue weighted by Gasteiger charge is 2.12. The molecule has 1 N–H and O–H groups in total. The number of thiophene rings is 1. The summed E-state index contributed by atoms with van der Waals surface area (Å²) in [5.41, 5.74) is 2.92. The maximum atomic E-state index is 12.7. The zero-order chi connectivity index (χ0) is 22.1. The summed E-state index contributed by atoms with van der Waals surface area (Å²) in [7, 11) is 3.69. The average molecular weight is 442 g/mol. The van der Waals surface area contributed by atoms with Crippen LogP contribution in [0.5, 0.6) is 5.75 Å². The summed E-state index contributed by atoms with van der Waals surface area (Å²) in [6, 6.07) is 24.7. The lowest BCUT2D eigenvalue weighted by Crippen LogP contribution is -2.21. The highest BCUT2D eigenvalue weighted by atomic mass is 32.1. The van der Waals surface area contributed by atoms with Gasteiger partial charge in [0.05, 0.1) is 19.2 Å². The molecule has 0 unspecified atom stereocenters. The summed E-state index contributed by atoms with van der Waals surface area (Å²) in [6.45, 7) is 1.33. The second-order valence-electron chi connectivity index (χ2n) is 7.92. The van der Waals surface area contributed by atoms with Crippen molar-refractivity contribution < 1.29 is 4.74 Å². The molecule has 0 radical (unpaired) electrons. The fourth-order valence-electron chi connectivity index (χ4n) is 3.92. The molecule has 160 valence electrons. The molecular formula is C26H23N3O2S. The summed E-state index contributed by atoms with van der Waals surface area (Å²) in [4.78, 5) is 23.6. The molecule has 5 aromatic rings. The van der Waals surface area contributed by atoms with Crippen LogP contribution in [0.25, 0.3) is 31.4 Å². The number of ether oxygens (including phenoxy) is 1. The second-order valence-corrected chi connectivity index (χ2v) is 8.97. The molecule has 0 aliphatic heterocycles. The first-order valence-corrected chi connectivity index (χ1v) is 11.2. The molecule has 5 rings (SSSR count). The smallest absolute Gasteiger partial charge is 0.268 e. The topological polar surface area (TPSA) is 58.2 Å². The fraction of sp³-hybridized carbons (Fsp3) is 0.154. The lowest BCUT2D eigenvalue weighted by Gasteiger charge is -2.16. The van der Waals surface area contributed by atoms with Gasteiger partial charge in [0.2, 0.25) is 0 Å². The van der Waals surface area contributed by atoms with E-state index in [1.807, 2.05) is 37.4 Å². The molecule has 0 spiro atoms. The number of aromatic amines is 1. The molecule has 2 heterocycles. The van der Waals surface area contributed by atoms with Crippen LogP contribution < -0.4 is 10.3 Å². The molecule has 0 saturated heterocycles. The molecule has 0 fully saturated rings. The van der Waals surface area contributed by atoms with Gasteiger partial charge in [0.15, 0.2) is 0 Å². The van der Waals surface area contributed by atoms with Gasteiger partial charge in [-0.3, -0.25) is 9.69 Å². The minimum absolute atomic E-state index is 0.0890. The fourth-order valence-corrected chi connectivity index (χ4v) is 4.92. The Morgan fingerprint density at radius 1 is 0.969 bits per heavy atom. The van der Waals surface area contributed by atoms with E-state index in [1.54, 1.807) is 7.11 Å². The number of nitrogens with one attached hydrogen (secondary N) is 1. The van der Waals surface area contributed by atoms with Gasteiger partial charge in [0.25, 0.3) is 5.56 Å². The average Bonchev–Trinajstić information content (AvgIpc) is 3.24. The normalized spacial score (nSPS) is 11.5. The third kappa shape index (κ3) is 4.15. The maximum absolute atomic E-state index is 12.7. The summed E-state index contributed by atoms with van der Waals surface area (Å²) in [6.07, 6.45) is 0. The first-order valence-electron chi connectivity index (χ1n) is 10.4. The van der Waals surface area contributed by atoms with Crippen molar-refractivity contribution in [3.05, 3.63) is 94.5 Å². The minimum atomic E-state index is -0.0890. The van der Waals surface area contributed by atoms with E-state index in [0.717, 1.165) is 28.3 Å². The van der Waals surface area contributed by atoms with Crippen molar-refractivity contribution in [2.75, 3.05) is 14.2 Å². The molecule has 32 heavy (non-hydrogen) atoms. The molecule has 0 bridgehead atoms. The number of hydrogen-bond donors (Lipinski definition) is 1. The number of rotatable bonds is 6. The van der Waals surface area contributed by atoms with Crippen LogP contribution in [0.15, 0.2) is 77.6 Å². The second kappa shape index (κ2) is 8.57. The molecule has 2 aromatic heterocycles. The number of methoxy groups -OCH3 is 1. The van der Waals surface area contributed by atoms with Gasteiger partial charge in [-0.15, -0.1) is 11.3 Å². The molecule has 0 saturated carbocycles. The van der Waals surface area contributed by atoms with E-state index >= 15 is 0 Å². The number of nitrogens with zero attached hydrogens (tertiary/aromatic N) is 2. The SMILES string of the molecule is COc1ccc(-c2cc3nc(CN(C)Cc4ccc5ccccc5c4)[nH]c(=O)c3s2)cc1. The molecule has 3 aromatic carbocycles. The van der Waals surface area contributed by atoms with Gasteiger partial charge in [-0.05, 0) is 65.3 Å². The van der Waals surface area contributed by atoms with Gasteiger partial charge in [-0.1, -0.05) is 36.4 Å². The third-order valence-electron chi connectivity index (χ3n) is 5.49. The van der Waals surface area contributed by atoms with Crippen molar-refractivity contribution in [3.8, 4) is 16.2 Å². The van der Waals surface area contributed by atoms with Gasteiger partial charge in [0.1, 0.15) is 16.3 Å². The van der Waals surface area contributed by atoms with Crippen molar-refractivity contribution in [1.82, 2.24) is 14.9 Å². The first-order chi connectivity index (χ1) is 15.6. The van der Waals surface area contributed by atoms with Crippen LogP contribution in [0.2, 0.25) is 0 Å². The van der Waals surface area contributed by atoms with Crippen LogP contribution in [-0.4, -0.2) is 29.0 Å². The van der Waals surface area contributed by atoms with E-state index in [-0.39, 0.29) is 5.56 Å². The number of hydrogen-bond acceptors (Lipinski definition) is 5. The Morgan fingerprint density at radius 2 is 1.75 bits per heavy atom. The highest BCUT2D eigenvalue weighted by molar-refractivity contribution is 7.22. The number of aromatic nitrogens is 2. The summed E-state index contributed by atoms with van der Waals surface area (Å²) in [5.74, 6) is 1.48. The van der Waals surface area contributed by atoms with Crippen molar-refractivity contribution in [2.45, 2.75) is 13.1 Å². The van der Waals surface area contributed by atoms with E-state index in [9.17, 15) is 4.79 Å². The Labute approximate surface area is 189 Å². The molecule has 0 atom stereocenters. The maximum Gasteiger partial charge on any atom is 0.268 e. The van der Waals surface area contributed by atoms with E-state index in [2.05, 4.69) is 52.3 Å². The largest absolute Gasteiger partial charge is 0.497 e. The summed E-state index contributed by atoms with van der Waals surface area (Å²) < 4.78 is 5.88. The molecule has 0 aliphatic rings. The van der Waals surface area contributed by atoms with E-state index in [0.29, 0.717) is 17.1 Å². The van der Waals surface area contributed by atoms with Crippen molar-refractivity contribution >= 4 is 32.3 Å². The Kier molecular flexibility index (Phi) is 5.47. The van der Waals surface area contributed by atoms with E-state index in [4.69, 9.17) is 9.72 Å². The van der Waals surface area contributed by atoms with E-state index in [1.165, 1.54) is 27.7 Å². The zero-order valence-corrected chi connectivity index (χ0v) is 18.8. The summed E-state index contributed by atoms with van der Waals surface area (Å²) in [5, 5.41) is 2.47. The quantitative estimate of drug-likeness (QED) is 0.381. The highest BCUT2D eigenvalue weighted by Crippen LogP contribution is 2.31. The lowest BCUT2D eigenvalue weighted by atomic mass is 10.1. The van der Waals surface area contributed by atoms with Crippen LogP contribution in [-0.2, 0) is 13.1 Å². The number of fused-ring (bicyclic) bond motifs is 2. The van der Waals surface area contributed by atoms with Crippen LogP contribution >= 0.6 is 11.3 Å². The Morgan fingerprint density at radius 3 is 2.53 bits per heavy atom. The molecule has 0 amide bonds. The zero-order valence-electron chi connectivity index (χ0n) is 18.0. The lowest BCUT2D eigenvalue weighted by molar-refractivity contribution is 0.311. The molecule has 5 nitrogen and oxygen atoms in total. The molecule has 0 aliphatic carbocycles. The van der Waals surface area contributed by atoms with Crippen LogP contribution in [0.3, 0.4) is 0 Å². The standard InChI is InChI=1S/C26H23N3O2S/c1-29(15-17-7-8-18-5-3-4-6-20(18)13-17)16-24-27-22-14-23(32-25(22)26(30)28-24)19-9-11-21(31-2)12-10-19/h3-14H,15-16H2,1-2H3,(H,27,28,30). The molecular weight excluding hydrogens is 418 g/mol. The Balaban J connectivity index is 1.36. The summed E-state index contributed by atoms with van der Waals surface area (Å²) >= 11 is 1.46. The third-order valence-corrected chi connectivity index (χ3v) is 6.66. The molecule has 6 heteroatoms. The van der Waals surface area contributed by atoms with Crippen molar-refractivity contribution in [3.63, 3.8) is 0 Å². The van der Waals surface area contributed by atoms with Gasteiger partial charge in [-0.25, -0.2) is 4.98 Å². The van der Waals surface area contributed by atoms with Gasteiger partial charge in [0, 0.05) is 11.4 Å². The van der Waals surface area contributed by atoms with Crippen LogP contribution in [0.1, 0.15) is 11.4 Å². The van der Waals surface area contributed by atoms with Crippen molar-refractivity contribution in [2.24, 2.45) is 0 Å². The predicted molar refractivity (Wildman–Crippen MR) is 131 cm³/mol. The van der Waals surface area contributed by atoms with Gasteiger partial charge < -0.3 is 9.72 Å².